The molecule has 3 rings (SSSR count). The molecule has 1 aromatic carbocycles. The number of ether oxygens (including phenoxy) is 1. The Labute approximate surface area is 127 Å². The largest absolute Gasteiger partial charge is 0.494 e. The first kappa shape index (κ1) is 14.1. The van der Waals surface area contributed by atoms with Gasteiger partial charge in [0.25, 0.3) is 0 Å². The zero-order valence-electron chi connectivity index (χ0n) is 12.4. The molecular formula is C15H17N5O2. The quantitative estimate of drug-likeness (QED) is 0.891. The number of allylic oxidation sites excluding steroid dienone is 1. The van der Waals surface area contributed by atoms with E-state index in [1.807, 2.05) is 31.2 Å². The molecule has 0 fully saturated rings. The molecular weight excluding hydrogens is 282 g/mol. The number of nitrogens with one attached hydrogen (secondary N) is 1. The van der Waals surface area contributed by atoms with Gasteiger partial charge in [0.15, 0.2) is 0 Å². The molecule has 7 heteroatoms. The maximum Gasteiger partial charge on any atom is 0.248 e. The Morgan fingerprint density at radius 3 is 3.05 bits per heavy atom. The summed E-state index contributed by atoms with van der Waals surface area (Å²) >= 11 is 0. The van der Waals surface area contributed by atoms with E-state index < -0.39 is 11.9 Å². The van der Waals surface area contributed by atoms with Gasteiger partial charge < -0.3 is 15.8 Å². The summed E-state index contributed by atoms with van der Waals surface area (Å²) in [4.78, 5) is 16.1. The number of hydrogen-bond donors (Lipinski definition) is 2. The van der Waals surface area contributed by atoms with E-state index in [2.05, 4.69) is 15.4 Å². The monoisotopic (exact) mass is 299 g/mol. The van der Waals surface area contributed by atoms with Gasteiger partial charge in [-0.25, -0.2) is 4.68 Å². The van der Waals surface area contributed by atoms with Crippen molar-refractivity contribution in [2.45, 2.75) is 19.9 Å². The van der Waals surface area contributed by atoms with Gasteiger partial charge in [0.1, 0.15) is 18.1 Å². The first-order chi connectivity index (χ1) is 10.6. The van der Waals surface area contributed by atoms with Crippen molar-refractivity contribution in [2.24, 2.45) is 5.73 Å². The topological polar surface area (TPSA) is 95.1 Å². The van der Waals surface area contributed by atoms with Crippen molar-refractivity contribution in [3.63, 3.8) is 0 Å². The van der Waals surface area contributed by atoms with E-state index in [-0.39, 0.29) is 0 Å². The lowest BCUT2D eigenvalue weighted by molar-refractivity contribution is -0.115. The van der Waals surface area contributed by atoms with Crippen LogP contribution in [0.25, 0.3) is 0 Å². The van der Waals surface area contributed by atoms with Crippen LogP contribution in [-0.4, -0.2) is 27.3 Å². The summed E-state index contributed by atoms with van der Waals surface area (Å²) in [7, 11) is 0. The minimum absolute atomic E-state index is 0.420. The molecule has 1 atom stereocenters. The summed E-state index contributed by atoms with van der Waals surface area (Å²) in [6.45, 7) is 4.30. The minimum Gasteiger partial charge on any atom is -0.494 e. The van der Waals surface area contributed by atoms with Crippen LogP contribution in [0.15, 0.2) is 41.9 Å². The Morgan fingerprint density at radius 1 is 1.50 bits per heavy atom. The highest BCUT2D eigenvalue weighted by molar-refractivity contribution is 5.95. The molecule has 0 bridgehead atoms. The van der Waals surface area contributed by atoms with Gasteiger partial charge >= 0.3 is 0 Å². The van der Waals surface area contributed by atoms with Crippen LogP contribution >= 0.6 is 0 Å². The maximum atomic E-state index is 11.9. The lowest BCUT2D eigenvalue weighted by Crippen LogP contribution is -2.31. The summed E-state index contributed by atoms with van der Waals surface area (Å²) in [6.07, 6.45) is 1.44. The molecule has 1 amide bonds. The molecule has 1 aromatic heterocycles. The Hall–Kier alpha value is -2.83. The van der Waals surface area contributed by atoms with E-state index >= 15 is 0 Å². The molecule has 2 heterocycles. The second-order valence-corrected chi connectivity index (χ2v) is 4.96. The molecule has 2 aromatic rings. The average Bonchev–Trinajstić information content (AvgIpc) is 2.93. The van der Waals surface area contributed by atoms with Gasteiger partial charge in [-0.1, -0.05) is 12.1 Å². The number of hydrogen-bond acceptors (Lipinski definition) is 5. The van der Waals surface area contributed by atoms with E-state index in [1.165, 1.54) is 6.33 Å². The van der Waals surface area contributed by atoms with Crippen molar-refractivity contribution < 1.29 is 9.53 Å². The molecule has 7 nitrogen and oxygen atoms in total. The fourth-order valence-electron chi connectivity index (χ4n) is 2.66. The number of nitrogens with two attached hydrogens (primary N) is 1. The predicted octanol–water partition coefficient (Wildman–Crippen LogP) is 1.45. The Bertz CT molecular complexity index is 750. The summed E-state index contributed by atoms with van der Waals surface area (Å²) in [5.41, 5.74) is 7.59. The lowest BCUT2D eigenvalue weighted by atomic mass is 9.95. The minimum atomic E-state index is -0.488. The van der Waals surface area contributed by atoms with Crippen LogP contribution in [0.3, 0.4) is 0 Å². The SMILES string of the molecule is CCOc1cccc(C2C(C(N)=O)=C(C)Nc3ncnn32)c1. The number of carbonyl (C=O) groups is 1. The smallest absolute Gasteiger partial charge is 0.248 e. The number of rotatable bonds is 4. The molecule has 1 unspecified atom stereocenters. The Morgan fingerprint density at radius 2 is 2.32 bits per heavy atom. The fourth-order valence-corrected chi connectivity index (χ4v) is 2.66. The molecule has 3 N–H and O–H groups in total. The fraction of sp³-hybridized carbons (Fsp3) is 0.267. The van der Waals surface area contributed by atoms with Crippen molar-refractivity contribution in [1.29, 1.82) is 0 Å². The number of amides is 1. The number of primary amides is 1. The third-order valence-corrected chi connectivity index (χ3v) is 3.54. The van der Waals surface area contributed by atoms with E-state index in [4.69, 9.17) is 10.5 Å². The number of benzene rings is 1. The summed E-state index contributed by atoms with van der Waals surface area (Å²) in [5.74, 6) is 0.828. The third kappa shape index (κ3) is 2.30. The predicted molar refractivity (Wildman–Crippen MR) is 81.3 cm³/mol. The number of anilines is 1. The van der Waals surface area contributed by atoms with Crippen LogP contribution in [0, 0.1) is 0 Å². The molecule has 0 radical (unpaired) electrons. The standard InChI is InChI=1S/C15H17N5O2/c1-3-22-11-6-4-5-10(7-11)13-12(14(16)21)9(2)19-15-17-8-18-20(13)15/h4-8,13H,3H2,1-2H3,(H2,16,21)(H,17,18,19). The zero-order chi connectivity index (χ0) is 15.7. The molecule has 1 aliphatic rings. The van der Waals surface area contributed by atoms with Crippen molar-refractivity contribution >= 4 is 11.9 Å². The first-order valence-corrected chi connectivity index (χ1v) is 7.01. The number of carbonyl (C=O) groups excluding carboxylic acids is 1. The number of nitrogens with zero attached hydrogens (tertiary/aromatic N) is 3. The first-order valence-electron chi connectivity index (χ1n) is 7.01. The Kier molecular flexibility index (Phi) is 3.54. The van der Waals surface area contributed by atoms with Gasteiger partial charge in [-0.15, -0.1) is 0 Å². The Balaban J connectivity index is 2.14. The number of aromatic nitrogens is 3. The molecule has 22 heavy (non-hydrogen) atoms. The average molecular weight is 299 g/mol. The lowest BCUT2D eigenvalue weighted by Gasteiger charge is -2.27. The maximum absolute atomic E-state index is 11.9. The highest BCUT2D eigenvalue weighted by Crippen LogP contribution is 2.35. The molecule has 0 aliphatic carbocycles. The van der Waals surface area contributed by atoms with Crippen LogP contribution in [-0.2, 0) is 4.79 Å². The van der Waals surface area contributed by atoms with E-state index in [1.54, 1.807) is 11.6 Å². The summed E-state index contributed by atoms with van der Waals surface area (Å²) in [5, 5.41) is 7.27. The van der Waals surface area contributed by atoms with E-state index in [9.17, 15) is 4.79 Å². The molecule has 1 aliphatic heterocycles. The van der Waals surface area contributed by atoms with Gasteiger partial charge in [-0.05, 0) is 31.5 Å². The second kappa shape index (κ2) is 5.51. The van der Waals surface area contributed by atoms with Gasteiger partial charge in [0, 0.05) is 5.70 Å². The van der Waals surface area contributed by atoms with Crippen LogP contribution in [0.1, 0.15) is 25.5 Å². The van der Waals surface area contributed by atoms with Gasteiger partial charge in [0.05, 0.1) is 12.2 Å². The van der Waals surface area contributed by atoms with Gasteiger partial charge in [-0.2, -0.15) is 10.1 Å². The molecule has 0 spiro atoms. The molecule has 114 valence electrons. The van der Waals surface area contributed by atoms with Gasteiger partial charge in [-0.3, -0.25) is 4.79 Å². The van der Waals surface area contributed by atoms with E-state index in [0.29, 0.717) is 23.8 Å². The van der Waals surface area contributed by atoms with Crippen molar-refractivity contribution in [2.75, 3.05) is 11.9 Å². The number of fused-ring (bicyclic) bond motifs is 1. The van der Waals surface area contributed by atoms with Crippen LogP contribution in [0.2, 0.25) is 0 Å². The van der Waals surface area contributed by atoms with Gasteiger partial charge in [0.2, 0.25) is 11.9 Å². The highest BCUT2D eigenvalue weighted by atomic mass is 16.5. The second-order valence-electron chi connectivity index (χ2n) is 4.96. The van der Waals surface area contributed by atoms with Crippen molar-refractivity contribution in [1.82, 2.24) is 14.8 Å². The van der Waals surface area contributed by atoms with Crippen molar-refractivity contribution in [3.8, 4) is 5.75 Å². The summed E-state index contributed by atoms with van der Waals surface area (Å²) < 4.78 is 7.19. The summed E-state index contributed by atoms with van der Waals surface area (Å²) in [6, 6.07) is 7.14. The highest BCUT2D eigenvalue weighted by Gasteiger charge is 2.32. The molecule has 0 saturated heterocycles. The van der Waals surface area contributed by atoms with Crippen LogP contribution in [0.5, 0.6) is 5.75 Å². The molecule has 0 saturated carbocycles. The van der Waals surface area contributed by atoms with Crippen LogP contribution < -0.4 is 15.8 Å². The van der Waals surface area contributed by atoms with E-state index in [0.717, 1.165) is 11.3 Å². The van der Waals surface area contributed by atoms with Crippen molar-refractivity contribution in [3.05, 3.63) is 47.4 Å². The third-order valence-electron chi connectivity index (χ3n) is 3.54. The van der Waals surface area contributed by atoms with Crippen LogP contribution in [0.4, 0.5) is 5.95 Å². The normalized spacial score (nSPS) is 16.9. The zero-order valence-corrected chi connectivity index (χ0v) is 12.4.